The van der Waals surface area contributed by atoms with Gasteiger partial charge in [0.2, 0.25) is 11.8 Å². The van der Waals surface area contributed by atoms with E-state index in [4.69, 9.17) is 9.47 Å². The second-order valence-electron chi connectivity index (χ2n) is 9.27. The third kappa shape index (κ3) is 6.07. The highest BCUT2D eigenvalue weighted by Crippen LogP contribution is 2.36. The Labute approximate surface area is 185 Å². The molecular weight excluding hydrogens is 392 g/mol. The minimum absolute atomic E-state index is 0.0772. The van der Waals surface area contributed by atoms with Crippen LogP contribution < -0.4 is 0 Å². The summed E-state index contributed by atoms with van der Waals surface area (Å²) in [6.45, 7) is 4.11. The van der Waals surface area contributed by atoms with Crippen LogP contribution in [0.25, 0.3) is 0 Å². The number of hydrogen-bond acceptors (Lipinski definition) is 4. The van der Waals surface area contributed by atoms with E-state index in [1.807, 2.05) is 28.0 Å². The van der Waals surface area contributed by atoms with Crippen molar-refractivity contribution in [3.05, 3.63) is 35.9 Å². The molecule has 0 saturated carbocycles. The summed E-state index contributed by atoms with van der Waals surface area (Å²) in [5.74, 6) is 0.375. The smallest absolute Gasteiger partial charge is 0.248 e. The maximum absolute atomic E-state index is 12.6. The van der Waals surface area contributed by atoms with Gasteiger partial charge in [-0.1, -0.05) is 30.3 Å². The summed E-state index contributed by atoms with van der Waals surface area (Å²) in [5.41, 5.74) is 1.10. The first-order chi connectivity index (χ1) is 15.1. The first kappa shape index (κ1) is 22.3. The molecule has 3 saturated heterocycles. The van der Waals surface area contributed by atoms with Crippen LogP contribution in [0.4, 0.5) is 0 Å². The second-order valence-corrected chi connectivity index (χ2v) is 9.27. The third-order valence-electron chi connectivity index (χ3n) is 7.08. The number of hydrogen-bond donors (Lipinski definition) is 0. The topological polar surface area (TPSA) is 59.1 Å². The molecule has 3 heterocycles. The fraction of sp³-hybridized carbons (Fsp3) is 0.680. The Hall–Kier alpha value is -1.92. The number of likely N-dealkylation sites (tertiary alicyclic amines) is 2. The summed E-state index contributed by atoms with van der Waals surface area (Å²) in [5, 5.41) is 0. The lowest BCUT2D eigenvalue weighted by molar-refractivity contribution is -0.166. The molecule has 3 aliphatic rings. The van der Waals surface area contributed by atoms with E-state index in [2.05, 4.69) is 12.1 Å². The van der Waals surface area contributed by atoms with Crippen molar-refractivity contribution in [3.8, 4) is 0 Å². The largest absolute Gasteiger partial charge is 0.375 e. The maximum atomic E-state index is 12.6. The van der Waals surface area contributed by atoms with Gasteiger partial charge in [0, 0.05) is 45.6 Å². The molecule has 0 N–H and O–H groups in total. The highest BCUT2D eigenvalue weighted by molar-refractivity contribution is 5.77. The lowest BCUT2D eigenvalue weighted by Gasteiger charge is -2.46. The molecular formula is C25H36N2O4. The average Bonchev–Trinajstić information content (AvgIpc) is 3.34. The molecule has 6 nitrogen and oxygen atoms in total. The Morgan fingerprint density at radius 1 is 1.00 bits per heavy atom. The first-order valence-corrected chi connectivity index (χ1v) is 12.0. The van der Waals surface area contributed by atoms with E-state index in [-0.39, 0.29) is 30.1 Å². The summed E-state index contributed by atoms with van der Waals surface area (Å²) in [4.78, 5) is 28.8. The lowest BCUT2D eigenvalue weighted by atomic mass is 9.83. The van der Waals surface area contributed by atoms with Gasteiger partial charge in [0.25, 0.3) is 0 Å². The summed E-state index contributed by atoms with van der Waals surface area (Å²) < 4.78 is 12.2. The fourth-order valence-corrected chi connectivity index (χ4v) is 5.13. The van der Waals surface area contributed by atoms with Crippen molar-refractivity contribution in [2.24, 2.45) is 0 Å². The van der Waals surface area contributed by atoms with Gasteiger partial charge in [-0.05, 0) is 50.5 Å². The van der Waals surface area contributed by atoms with E-state index in [1.165, 1.54) is 5.56 Å². The number of carbonyl (C=O) groups excluding carboxylic acids is 2. The van der Waals surface area contributed by atoms with Crippen LogP contribution in [-0.2, 0) is 25.5 Å². The zero-order chi connectivity index (χ0) is 21.5. The van der Waals surface area contributed by atoms with Crippen molar-refractivity contribution in [1.82, 2.24) is 9.80 Å². The van der Waals surface area contributed by atoms with Crippen LogP contribution in [0.15, 0.2) is 30.3 Å². The Balaban J connectivity index is 1.18. The van der Waals surface area contributed by atoms with E-state index < -0.39 is 0 Å². The fourth-order valence-electron chi connectivity index (χ4n) is 5.13. The summed E-state index contributed by atoms with van der Waals surface area (Å²) >= 11 is 0. The number of aryl methyl sites for hydroxylation is 1. The molecule has 0 aliphatic carbocycles. The summed E-state index contributed by atoms with van der Waals surface area (Å²) in [6, 6.07) is 10.3. The molecule has 4 rings (SSSR count). The van der Waals surface area contributed by atoms with Gasteiger partial charge in [-0.2, -0.15) is 0 Å². The summed E-state index contributed by atoms with van der Waals surface area (Å²) in [7, 11) is 0. The van der Waals surface area contributed by atoms with Crippen molar-refractivity contribution in [2.75, 3.05) is 39.4 Å². The number of amides is 2. The number of carbonyl (C=O) groups is 2. The van der Waals surface area contributed by atoms with Crippen molar-refractivity contribution >= 4 is 11.8 Å². The zero-order valence-corrected chi connectivity index (χ0v) is 18.6. The molecule has 0 aromatic heterocycles. The van der Waals surface area contributed by atoms with Crippen LogP contribution in [0.3, 0.4) is 0 Å². The Bertz CT molecular complexity index is 724. The Morgan fingerprint density at radius 2 is 1.71 bits per heavy atom. The Morgan fingerprint density at radius 3 is 2.45 bits per heavy atom. The van der Waals surface area contributed by atoms with Crippen LogP contribution in [-0.4, -0.2) is 72.7 Å². The number of ether oxygens (including phenoxy) is 2. The van der Waals surface area contributed by atoms with Crippen LogP contribution in [0.5, 0.6) is 0 Å². The van der Waals surface area contributed by atoms with Gasteiger partial charge in [0.1, 0.15) is 6.61 Å². The third-order valence-corrected chi connectivity index (χ3v) is 7.08. The second kappa shape index (κ2) is 10.6. The van der Waals surface area contributed by atoms with E-state index in [0.717, 1.165) is 77.5 Å². The number of rotatable bonds is 7. The van der Waals surface area contributed by atoms with E-state index in [9.17, 15) is 9.59 Å². The quantitative estimate of drug-likeness (QED) is 0.669. The highest BCUT2D eigenvalue weighted by Gasteiger charge is 2.41. The molecule has 31 heavy (non-hydrogen) atoms. The van der Waals surface area contributed by atoms with Gasteiger partial charge < -0.3 is 19.3 Å². The highest BCUT2D eigenvalue weighted by atomic mass is 16.5. The normalized spacial score (nSPS) is 23.3. The number of piperidine rings is 1. The molecule has 1 aromatic carbocycles. The predicted molar refractivity (Wildman–Crippen MR) is 119 cm³/mol. The van der Waals surface area contributed by atoms with Gasteiger partial charge in [0.15, 0.2) is 0 Å². The molecule has 0 bridgehead atoms. The van der Waals surface area contributed by atoms with Crippen LogP contribution in [0.1, 0.15) is 56.9 Å². The van der Waals surface area contributed by atoms with Crippen LogP contribution >= 0.6 is 0 Å². The van der Waals surface area contributed by atoms with Gasteiger partial charge >= 0.3 is 0 Å². The van der Waals surface area contributed by atoms with Crippen molar-refractivity contribution in [2.45, 2.75) is 69.5 Å². The minimum atomic E-state index is -0.194. The van der Waals surface area contributed by atoms with Crippen molar-refractivity contribution in [1.29, 1.82) is 0 Å². The molecule has 170 valence electrons. The van der Waals surface area contributed by atoms with Gasteiger partial charge in [-0.25, -0.2) is 0 Å². The van der Waals surface area contributed by atoms with E-state index >= 15 is 0 Å². The molecule has 1 atom stereocenters. The van der Waals surface area contributed by atoms with Crippen molar-refractivity contribution in [3.63, 3.8) is 0 Å². The maximum Gasteiger partial charge on any atom is 0.248 e. The molecule has 6 heteroatoms. The number of nitrogens with zero attached hydrogens (tertiary/aromatic N) is 2. The standard InChI is InChI=1S/C25H36N2O4/c28-23(10-6-9-21-7-2-1-3-8-21)27-16-12-25(13-17-27)19-22(11-18-31-25)30-20-24(29)26-14-4-5-15-26/h1-3,7-8,22H,4-6,9-20H2. The minimum Gasteiger partial charge on any atom is -0.375 e. The monoisotopic (exact) mass is 428 g/mol. The van der Waals surface area contributed by atoms with Gasteiger partial charge in [-0.15, -0.1) is 0 Å². The lowest BCUT2D eigenvalue weighted by Crippen LogP contribution is -2.52. The van der Waals surface area contributed by atoms with Gasteiger partial charge in [-0.3, -0.25) is 9.59 Å². The van der Waals surface area contributed by atoms with Crippen molar-refractivity contribution < 1.29 is 19.1 Å². The van der Waals surface area contributed by atoms with Gasteiger partial charge in [0.05, 0.1) is 11.7 Å². The zero-order valence-electron chi connectivity index (χ0n) is 18.6. The molecule has 1 unspecified atom stereocenters. The van der Waals surface area contributed by atoms with E-state index in [1.54, 1.807) is 0 Å². The average molecular weight is 429 g/mol. The van der Waals surface area contributed by atoms with E-state index in [0.29, 0.717) is 13.0 Å². The molecule has 3 aliphatic heterocycles. The molecule has 0 radical (unpaired) electrons. The molecule has 3 fully saturated rings. The summed E-state index contributed by atoms with van der Waals surface area (Å²) in [6.07, 6.45) is 8.12. The predicted octanol–water partition coefficient (Wildman–Crippen LogP) is 3.19. The SMILES string of the molecule is O=C(CCCc1ccccc1)N1CCC2(CC1)CC(OCC(=O)N1CCCC1)CCO2. The van der Waals surface area contributed by atoms with Crippen LogP contribution in [0.2, 0.25) is 0 Å². The molecule has 2 amide bonds. The Kier molecular flexibility index (Phi) is 7.62. The van der Waals surface area contributed by atoms with Crippen LogP contribution in [0, 0.1) is 0 Å². The number of benzene rings is 1. The molecule has 1 spiro atoms. The first-order valence-electron chi connectivity index (χ1n) is 12.0. The molecule has 1 aromatic rings.